The molecule has 0 spiro atoms. The first-order valence-corrected chi connectivity index (χ1v) is 6.53. The first-order chi connectivity index (χ1) is 9.01. The monoisotopic (exact) mass is 289 g/mol. The summed E-state index contributed by atoms with van der Waals surface area (Å²) in [4.78, 5) is 27.3. The van der Waals surface area contributed by atoms with Gasteiger partial charge in [0.1, 0.15) is 10.7 Å². The average Bonchev–Trinajstić information content (AvgIpc) is 2.79. The van der Waals surface area contributed by atoms with Gasteiger partial charge in [-0.25, -0.2) is 4.98 Å². The maximum Gasteiger partial charge on any atom is 0.327 e. The third kappa shape index (κ3) is 3.98. The summed E-state index contributed by atoms with van der Waals surface area (Å²) in [6.45, 7) is 3.47. The van der Waals surface area contributed by atoms with Crippen LogP contribution in [0.3, 0.4) is 0 Å². The van der Waals surface area contributed by atoms with Crippen LogP contribution in [0.2, 0.25) is 0 Å². The fourth-order valence-corrected chi connectivity index (χ4v) is 2.20. The lowest BCUT2D eigenvalue weighted by molar-refractivity contribution is -0.157. The van der Waals surface area contributed by atoms with Crippen LogP contribution in [0, 0.1) is 0 Å². The topological polar surface area (TPSA) is 106 Å². The van der Waals surface area contributed by atoms with E-state index in [1.54, 1.807) is 13.8 Å². The Morgan fingerprint density at radius 3 is 2.16 bits per heavy atom. The highest BCUT2D eigenvalue weighted by atomic mass is 32.1. The summed E-state index contributed by atoms with van der Waals surface area (Å²) >= 11 is 0.962. The van der Waals surface area contributed by atoms with E-state index in [1.807, 2.05) is 0 Å². The predicted octanol–water partition coefficient (Wildman–Crippen LogP) is 0.336. The van der Waals surface area contributed by atoms with Crippen LogP contribution in [-0.2, 0) is 19.1 Å². The molecule has 1 aromatic rings. The molecule has 0 aliphatic heterocycles. The van der Waals surface area contributed by atoms with Crippen molar-refractivity contribution < 1.29 is 29.3 Å². The fraction of sp³-hybridized carbons (Fsp3) is 0.545. The fourth-order valence-electron chi connectivity index (χ4n) is 1.30. The Balaban J connectivity index is 3.00. The third-order valence-electron chi connectivity index (χ3n) is 2.10. The first kappa shape index (κ1) is 15.5. The number of rotatable bonds is 6. The maximum atomic E-state index is 11.8. The van der Waals surface area contributed by atoms with E-state index in [1.165, 1.54) is 5.38 Å². The zero-order valence-electron chi connectivity index (χ0n) is 10.5. The van der Waals surface area contributed by atoms with Crippen molar-refractivity contribution in [1.29, 1.82) is 0 Å². The minimum absolute atomic E-state index is 0.0291. The van der Waals surface area contributed by atoms with Gasteiger partial charge in [0.25, 0.3) is 0 Å². The van der Waals surface area contributed by atoms with Gasteiger partial charge >= 0.3 is 11.9 Å². The van der Waals surface area contributed by atoms with Gasteiger partial charge in [-0.15, -0.1) is 11.3 Å². The molecule has 0 aliphatic carbocycles. The number of aliphatic hydroxyl groups is 2. The molecule has 0 atom stereocenters. The van der Waals surface area contributed by atoms with Crippen molar-refractivity contribution in [3.05, 3.63) is 16.1 Å². The molecule has 0 aliphatic rings. The van der Waals surface area contributed by atoms with E-state index >= 15 is 0 Å². The van der Waals surface area contributed by atoms with Gasteiger partial charge in [0.15, 0.2) is 6.29 Å². The molecule has 0 saturated heterocycles. The average molecular weight is 289 g/mol. The van der Waals surface area contributed by atoms with Crippen LogP contribution in [0.1, 0.15) is 36.8 Å². The molecule has 0 saturated carbocycles. The molecule has 0 bridgehead atoms. The summed E-state index contributed by atoms with van der Waals surface area (Å²) in [5, 5.41) is 19.4. The van der Waals surface area contributed by atoms with Crippen LogP contribution in [0.4, 0.5) is 0 Å². The van der Waals surface area contributed by atoms with E-state index in [2.05, 4.69) is 4.98 Å². The van der Waals surface area contributed by atoms with Gasteiger partial charge < -0.3 is 19.7 Å². The smallest absolute Gasteiger partial charge is 0.327 e. The third-order valence-corrected chi connectivity index (χ3v) is 3.02. The number of hydrogen-bond acceptors (Lipinski definition) is 8. The van der Waals surface area contributed by atoms with Crippen LogP contribution >= 0.6 is 11.3 Å². The van der Waals surface area contributed by atoms with Gasteiger partial charge in [-0.3, -0.25) is 9.59 Å². The lowest BCUT2D eigenvalue weighted by atomic mass is 10.1. The molecule has 7 nitrogen and oxygen atoms in total. The van der Waals surface area contributed by atoms with Gasteiger partial charge in [0.05, 0.1) is 13.2 Å². The highest BCUT2D eigenvalue weighted by Gasteiger charge is 2.34. The Morgan fingerprint density at radius 1 is 1.26 bits per heavy atom. The number of thiazole rings is 1. The van der Waals surface area contributed by atoms with Crippen molar-refractivity contribution >= 4 is 23.3 Å². The van der Waals surface area contributed by atoms with E-state index in [0.29, 0.717) is 0 Å². The van der Waals surface area contributed by atoms with Crippen molar-refractivity contribution in [2.24, 2.45) is 0 Å². The number of carbonyl (C=O) groups excluding carboxylic acids is 2. The van der Waals surface area contributed by atoms with E-state index in [0.717, 1.165) is 11.3 Å². The Hall–Kier alpha value is -1.51. The van der Waals surface area contributed by atoms with Crippen LogP contribution in [0.5, 0.6) is 0 Å². The second-order valence-corrected chi connectivity index (χ2v) is 4.31. The van der Waals surface area contributed by atoms with E-state index < -0.39 is 24.1 Å². The summed E-state index contributed by atoms with van der Waals surface area (Å²) in [5.74, 6) is -2.83. The molecule has 0 unspecified atom stereocenters. The molecule has 0 radical (unpaired) electrons. The van der Waals surface area contributed by atoms with Gasteiger partial charge in [0.2, 0.25) is 5.92 Å². The van der Waals surface area contributed by atoms with Crippen molar-refractivity contribution in [3.63, 3.8) is 0 Å². The molecule has 19 heavy (non-hydrogen) atoms. The molecule has 0 amide bonds. The van der Waals surface area contributed by atoms with Gasteiger partial charge in [-0.05, 0) is 13.8 Å². The Kier molecular flexibility index (Phi) is 5.87. The molecule has 8 heteroatoms. The highest BCUT2D eigenvalue weighted by molar-refractivity contribution is 7.10. The minimum atomic E-state index is -1.75. The van der Waals surface area contributed by atoms with E-state index in [-0.39, 0.29) is 23.9 Å². The number of nitrogens with zero attached hydrogens (tertiary/aromatic N) is 1. The highest BCUT2D eigenvalue weighted by Crippen LogP contribution is 2.25. The number of carbonyl (C=O) groups is 2. The maximum absolute atomic E-state index is 11.8. The molecule has 2 N–H and O–H groups in total. The number of aliphatic hydroxyl groups excluding tert-OH is 1. The van der Waals surface area contributed by atoms with E-state index in [9.17, 15) is 9.59 Å². The molecular weight excluding hydrogens is 274 g/mol. The lowest BCUT2D eigenvalue weighted by Crippen LogP contribution is -2.26. The summed E-state index contributed by atoms with van der Waals surface area (Å²) in [6, 6.07) is 0. The van der Waals surface area contributed by atoms with Crippen molar-refractivity contribution in [2.45, 2.75) is 26.1 Å². The van der Waals surface area contributed by atoms with Crippen LogP contribution in [0.15, 0.2) is 5.38 Å². The summed E-state index contributed by atoms with van der Waals surface area (Å²) in [6.07, 6.45) is -1.75. The van der Waals surface area contributed by atoms with Crippen molar-refractivity contribution in [1.82, 2.24) is 4.98 Å². The normalized spacial score (nSPS) is 10.8. The molecule has 1 heterocycles. The zero-order chi connectivity index (χ0) is 14.4. The van der Waals surface area contributed by atoms with Crippen molar-refractivity contribution in [3.8, 4) is 0 Å². The Morgan fingerprint density at radius 2 is 1.79 bits per heavy atom. The van der Waals surface area contributed by atoms with Gasteiger partial charge in [-0.1, -0.05) is 0 Å². The van der Waals surface area contributed by atoms with Gasteiger partial charge in [-0.2, -0.15) is 0 Å². The standard InChI is InChI=1S/C11H15NO6S/c1-3-17-10(15)7(11(16)18-4-2)8-12-6(5-19-8)9(13)14/h5,7,9,13-14H,3-4H2,1-2H3. The second kappa shape index (κ2) is 7.17. The number of esters is 2. The second-order valence-electron chi connectivity index (χ2n) is 3.42. The van der Waals surface area contributed by atoms with Crippen LogP contribution in [0.25, 0.3) is 0 Å². The molecule has 0 aromatic carbocycles. The van der Waals surface area contributed by atoms with Crippen molar-refractivity contribution in [2.75, 3.05) is 13.2 Å². The molecule has 1 rings (SSSR count). The molecular formula is C11H15NO6S. The quantitative estimate of drug-likeness (QED) is 0.442. The molecule has 1 aromatic heterocycles. The zero-order valence-corrected chi connectivity index (χ0v) is 11.3. The predicted molar refractivity (Wildman–Crippen MR) is 65.3 cm³/mol. The number of ether oxygens (including phenoxy) is 2. The SMILES string of the molecule is CCOC(=O)C(C(=O)OCC)c1nc(C(O)O)cs1. The minimum Gasteiger partial charge on any atom is -0.465 e. The Labute approximate surface area is 113 Å². The Bertz CT molecular complexity index is 426. The van der Waals surface area contributed by atoms with Crippen LogP contribution in [-0.4, -0.2) is 40.3 Å². The largest absolute Gasteiger partial charge is 0.465 e. The van der Waals surface area contributed by atoms with Gasteiger partial charge in [0, 0.05) is 5.38 Å². The first-order valence-electron chi connectivity index (χ1n) is 5.65. The lowest BCUT2D eigenvalue weighted by Gasteiger charge is -2.11. The summed E-state index contributed by atoms with van der Waals surface area (Å²) in [5.41, 5.74) is -0.0291. The molecule has 0 fully saturated rings. The summed E-state index contributed by atoms with van der Waals surface area (Å²) < 4.78 is 9.60. The van der Waals surface area contributed by atoms with E-state index in [4.69, 9.17) is 19.7 Å². The number of aromatic nitrogens is 1. The number of hydrogen-bond donors (Lipinski definition) is 2. The molecule has 106 valence electrons. The van der Waals surface area contributed by atoms with Crippen LogP contribution < -0.4 is 0 Å². The summed E-state index contributed by atoms with van der Waals surface area (Å²) in [7, 11) is 0.